The molecule has 0 spiro atoms. The quantitative estimate of drug-likeness (QED) is 0.152. The Hall–Kier alpha value is -7.40. The summed E-state index contributed by atoms with van der Waals surface area (Å²) in [5, 5.41) is 3.80. The number of para-hydroxylation sites is 1. The van der Waals surface area contributed by atoms with E-state index >= 15 is 0 Å². The van der Waals surface area contributed by atoms with E-state index in [1.165, 1.54) is 81.4 Å². The van der Waals surface area contributed by atoms with Gasteiger partial charge in [-0.15, -0.1) is 11.3 Å². The van der Waals surface area contributed by atoms with Crippen molar-refractivity contribution in [1.29, 1.82) is 0 Å². The molecule has 2 aliphatic carbocycles. The van der Waals surface area contributed by atoms with Crippen LogP contribution in [-0.2, 0) is 0 Å². The van der Waals surface area contributed by atoms with E-state index in [2.05, 4.69) is 223 Å². The van der Waals surface area contributed by atoms with Gasteiger partial charge in [0.15, 0.2) is 5.42 Å². The minimum Gasteiger partial charge on any atom is -0.455 e. The second kappa shape index (κ2) is 15.5. The Bertz CT molecular complexity index is 3460. The van der Waals surface area contributed by atoms with Crippen LogP contribution in [0.15, 0.2) is 199 Å². The Morgan fingerprint density at radius 3 is 1.76 bits per heavy atom. The van der Waals surface area contributed by atoms with Crippen molar-refractivity contribution < 1.29 is 4.42 Å². The SMILES string of the molecule is CC1CC=Cc2oc3c(c21)=CCCC=3n1c2ccccc2c2cc(-c3ccc(N(c4ccc(-c5ccccc5)cc4)c4ccc(-c5ccc(-c6ccccc6)s5)cc4)cc3)ccc21. The lowest BCUT2D eigenvalue weighted by Crippen LogP contribution is -2.31. The summed E-state index contributed by atoms with van der Waals surface area (Å²) in [6.07, 6.45) is 9.82. The van der Waals surface area contributed by atoms with Crippen molar-refractivity contribution in [3.8, 4) is 43.1 Å². The molecule has 0 N–H and O–H groups in total. The number of fused-ring (bicyclic) bond motifs is 6. The van der Waals surface area contributed by atoms with Crippen molar-refractivity contribution in [3.63, 3.8) is 0 Å². The number of aromatic nitrogens is 1. The van der Waals surface area contributed by atoms with E-state index in [1.54, 1.807) is 0 Å². The molecule has 3 heterocycles. The molecule has 302 valence electrons. The maximum absolute atomic E-state index is 6.71. The van der Waals surface area contributed by atoms with E-state index in [9.17, 15) is 0 Å². The highest BCUT2D eigenvalue weighted by Crippen LogP contribution is 2.41. The predicted octanol–water partition coefficient (Wildman–Crippen LogP) is 15.3. The Labute approximate surface area is 371 Å². The highest BCUT2D eigenvalue weighted by atomic mass is 32.1. The lowest BCUT2D eigenvalue weighted by atomic mass is 9.91. The minimum atomic E-state index is 0.457. The van der Waals surface area contributed by atoms with E-state index in [4.69, 9.17) is 4.42 Å². The molecule has 0 saturated heterocycles. The summed E-state index contributed by atoms with van der Waals surface area (Å²) in [7, 11) is 0. The van der Waals surface area contributed by atoms with Crippen molar-refractivity contribution in [3.05, 3.63) is 216 Å². The Balaban J connectivity index is 0.916. The number of anilines is 3. The van der Waals surface area contributed by atoms with Crippen molar-refractivity contribution in [2.75, 3.05) is 4.90 Å². The molecule has 7 aromatic carbocycles. The van der Waals surface area contributed by atoms with E-state index in [0.717, 1.165) is 47.5 Å². The summed E-state index contributed by atoms with van der Waals surface area (Å²) in [4.78, 5) is 4.90. The van der Waals surface area contributed by atoms with E-state index < -0.39 is 0 Å². The fraction of sp³-hybridized carbons (Fsp3) is 0.0847. The zero-order valence-electron chi connectivity index (χ0n) is 35.0. The first kappa shape index (κ1) is 37.4. The maximum atomic E-state index is 6.71. The molecule has 0 fully saturated rings. The van der Waals surface area contributed by atoms with Crippen molar-refractivity contribution >= 4 is 68.1 Å². The van der Waals surface area contributed by atoms with Crippen LogP contribution in [0.25, 0.3) is 82.8 Å². The summed E-state index contributed by atoms with van der Waals surface area (Å²) < 4.78 is 9.18. The van der Waals surface area contributed by atoms with Crippen LogP contribution < -0.4 is 15.5 Å². The molecule has 0 bridgehead atoms. The molecule has 10 aromatic rings. The average Bonchev–Trinajstić information content (AvgIpc) is 4.08. The van der Waals surface area contributed by atoms with Crippen LogP contribution in [0.2, 0.25) is 0 Å². The molecule has 0 aliphatic heterocycles. The number of thiophene rings is 1. The third kappa shape index (κ3) is 6.57. The number of hydrogen-bond donors (Lipinski definition) is 0. The van der Waals surface area contributed by atoms with Gasteiger partial charge in [0.25, 0.3) is 0 Å². The lowest BCUT2D eigenvalue weighted by molar-refractivity contribution is 0.506. The molecule has 12 rings (SSSR count). The summed E-state index contributed by atoms with van der Waals surface area (Å²) >= 11 is 1.83. The summed E-state index contributed by atoms with van der Waals surface area (Å²) in [6.45, 7) is 2.32. The predicted molar refractivity (Wildman–Crippen MR) is 266 cm³/mol. The highest BCUT2D eigenvalue weighted by Gasteiger charge is 2.24. The van der Waals surface area contributed by atoms with Gasteiger partial charge in [-0.3, -0.25) is 0 Å². The molecule has 2 aliphatic rings. The summed E-state index contributed by atoms with van der Waals surface area (Å²) in [6, 6.07) is 68.5. The normalized spacial score (nSPS) is 14.4. The molecular formula is C59H44N2OS. The van der Waals surface area contributed by atoms with Gasteiger partial charge in [-0.05, 0) is 131 Å². The molecular weight excluding hydrogens is 785 g/mol. The Morgan fingerprint density at radius 2 is 1.08 bits per heavy atom. The fourth-order valence-corrected chi connectivity index (χ4v) is 10.9. The molecule has 1 atom stereocenters. The van der Waals surface area contributed by atoms with E-state index in [-0.39, 0.29) is 0 Å². The Morgan fingerprint density at radius 1 is 0.540 bits per heavy atom. The third-order valence-corrected chi connectivity index (χ3v) is 14.1. The number of allylic oxidation sites excluding steroid dienone is 1. The molecule has 3 nitrogen and oxygen atoms in total. The second-order valence-corrected chi connectivity index (χ2v) is 17.9. The smallest absolute Gasteiger partial charge is 0.154 e. The van der Waals surface area contributed by atoms with Crippen LogP contribution in [0.1, 0.15) is 43.4 Å². The third-order valence-electron chi connectivity index (χ3n) is 13.0. The summed E-state index contributed by atoms with van der Waals surface area (Å²) in [5.41, 5.74) is 16.7. The number of nitrogens with zero attached hydrogens (tertiary/aromatic N) is 2. The van der Waals surface area contributed by atoms with E-state index in [1.807, 2.05) is 11.3 Å². The van der Waals surface area contributed by atoms with Crippen LogP contribution in [0.5, 0.6) is 0 Å². The lowest BCUT2D eigenvalue weighted by Gasteiger charge is -2.26. The molecule has 0 amide bonds. The van der Waals surface area contributed by atoms with Crippen molar-refractivity contribution in [2.45, 2.75) is 32.1 Å². The zero-order valence-corrected chi connectivity index (χ0v) is 35.9. The molecule has 0 radical (unpaired) electrons. The van der Waals surface area contributed by atoms with Gasteiger partial charge >= 0.3 is 0 Å². The van der Waals surface area contributed by atoms with Crippen LogP contribution in [0, 0.1) is 0 Å². The topological polar surface area (TPSA) is 21.3 Å². The molecule has 63 heavy (non-hydrogen) atoms. The van der Waals surface area contributed by atoms with Crippen LogP contribution in [0.4, 0.5) is 17.1 Å². The van der Waals surface area contributed by atoms with Gasteiger partial charge in [-0.25, -0.2) is 0 Å². The van der Waals surface area contributed by atoms with Gasteiger partial charge in [0.2, 0.25) is 0 Å². The average molecular weight is 829 g/mol. The highest BCUT2D eigenvalue weighted by molar-refractivity contribution is 7.18. The van der Waals surface area contributed by atoms with Gasteiger partial charge in [0, 0.05) is 48.4 Å². The molecule has 3 aromatic heterocycles. The number of furan rings is 1. The van der Waals surface area contributed by atoms with Crippen LogP contribution >= 0.6 is 11.3 Å². The van der Waals surface area contributed by atoms with E-state index in [0.29, 0.717) is 5.92 Å². The first-order chi connectivity index (χ1) is 31.1. The van der Waals surface area contributed by atoms with Crippen LogP contribution in [0.3, 0.4) is 0 Å². The summed E-state index contributed by atoms with van der Waals surface area (Å²) in [5.74, 6) is 1.48. The second-order valence-electron chi connectivity index (χ2n) is 16.8. The Kier molecular flexibility index (Phi) is 9.19. The largest absolute Gasteiger partial charge is 0.455 e. The van der Waals surface area contributed by atoms with Crippen LogP contribution in [-0.4, -0.2) is 4.57 Å². The molecule has 4 heteroatoms. The standard InChI is InChI=1S/C59H44N2OS/c1-39-12-10-21-55-58(39)50-18-11-20-54(59(50)62-55)61-52-19-9-8-17-49(52)51-38-45(28-35-53(51)61)42-24-31-47(32-25-42)60(46-29-22-41(23-30-46)40-13-4-2-5-14-40)48-33-26-44(27-34-48)57-37-36-56(63-57)43-15-6-3-7-16-43/h2-10,13-19,21-39H,11-12,20H2,1H3. The monoisotopic (exact) mass is 828 g/mol. The first-order valence-electron chi connectivity index (χ1n) is 22.0. The number of benzene rings is 7. The van der Waals surface area contributed by atoms with Crippen molar-refractivity contribution in [1.82, 2.24) is 4.57 Å². The number of hydrogen-bond acceptors (Lipinski definition) is 3. The maximum Gasteiger partial charge on any atom is 0.154 e. The van der Waals surface area contributed by atoms with Crippen molar-refractivity contribution in [2.24, 2.45) is 0 Å². The van der Waals surface area contributed by atoms with Gasteiger partial charge < -0.3 is 13.9 Å². The van der Waals surface area contributed by atoms with Gasteiger partial charge in [-0.1, -0.05) is 140 Å². The fourth-order valence-electron chi connectivity index (χ4n) is 9.85. The molecule has 1 unspecified atom stereocenters. The number of rotatable bonds is 8. The van der Waals surface area contributed by atoms with Gasteiger partial charge in [-0.2, -0.15) is 0 Å². The van der Waals surface area contributed by atoms with Gasteiger partial charge in [0.1, 0.15) is 5.76 Å². The molecule has 0 saturated carbocycles. The first-order valence-corrected chi connectivity index (χ1v) is 22.8. The zero-order chi connectivity index (χ0) is 41.9. The van der Waals surface area contributed by atoms with Gasteiger partial charge in [0.05, 0.1) is 16.7 Å². The minimum absolute atomic E-state index is 0.457.